The Kier molecular flexibility index (Phi) is 4.04. The summed E-state index contributed by atoms with van der Waals surface area (Å²) < 4.78 is 11.1. The first-order valence-electron chi connectivity index (χ1n) is 5.99. The van der Waals surface area contributed by atoms with Gasteiger partial charge >= 0.3 is 5.97 Å². The van der Waals surface area contributed by atoms with Crippen LogP contribution in [0.4, 0.5) is 0 Å². The van der Waals surface area contributed by atoms with Gasteiger partial charge in [0, 0.05) is 12.5 Å². The van der Waals surface area contributed by atoms with Gasteiger partial charge in [-0.3, -0.25) is 4.79 Å². The molecule has 0 aliphatic carbocycles. The highest BCUT2D eigenvalue weighted by molar-refractivity contribution is 5.68. The lowest BCUT2D eigenvalue weighted by Gasteiger charge is -2.16. The van der Waals surface area contributed by atoms with E-state index in [1.165, 1.54) is 0 Å². The first-order valence-corrected chi connectivity index (χ1v) is 5.99. The van der Waals surface area contributed by atoms with Crippen LogP contribution < -0.4 is 14.8 Å². The Balaban J connectivity index is 2.23. The number of ether oxygens (including phenoxy) is 2. The monoisotopic (exact) mass is 251 g/mol. The third-order valence-corrected chi connectivity index (χ3v) is 2.90. The molecule has 0 bridgehead atoms. The molecule has 0 fully saturated rings. The zero-order chi connectivity index (χ0) is 13.0. The molecular weight excluding hydrogens is 234 g/mol. The number of rotatable bonds is 4. The molecule has 1 aromatic carbocycles. The fraction of sp³-hybridized carbons (Fsp3) is 0.462. The fourth-order valence-electron chi connectivity index (χ4n) is 1.96. The van der Waals surface area contributed by atoms with Gasteiger partial charge in [0.25, 0.3) is 0 Å². The van der Waals surface area contributed by atoms with Crippen molar-refractivity contribution in [2.45, 2.75) is 18.9 Å². The summed E-state index contributed by atoms with van der Waals surface area (Å²) in [6.07, 6.45) is 0.894. The Labute approximate surface area is 106 Å². The van der Waals surface area contributed by atoms with Crippen molar-refractivity contribution in [2.24, 2.45) is 0 Å². The van der Waals surface area contributed by atoms with Gasteiger partial charge in [0.05, 0.1) is 19.6 Å². The maximum atomic E-state index is 10.8. The normalized spacial score (nSPS) is 15.8. The average Bonchev–Trinajstić information content (AvgIpc) is 2.59. The molecule has 1 aromatic rings. The molecule has 0 aromatic heterocycles. The van der Waals surface area contributed by atoms with Crippen molar-refractivity contribution >= 4 is 5.97 Å². The Morgan fingerprint density at radius 1 is 1.39 bits per heavy atom. The first-order chi connectivity index (χ1) is 8.70. The van der Waals surface area contributed by atoms with Gasteiger partial charge < -0.3 is 19.9 Å². The minimum atomic E-state index is -0.832. The number of fused-ring (bicyclic) bond motifs is 1. The molecule has 2 N–H and O–H groups in total. The summed E-state index contributed by atoms with van der Waals surface area (Å²) in [6, 6.07) is 5.34. The number of hydrogen-bond acceptors (Lipinski definition) is 4. The van der Waals surface area contributed by atoms with Crippen LogP contribution in [0.5, 0.6) is 11.5 Å². The van der Waals surface area contributed by atoms with E-state index < -0.39 is 5.97 Å². The number of hydrogen-bond donors (Lipinski definition) is 2. The highest BCUT2D eigenvalue weighted by Gasteiger charge is 2.17. The van der Waals surface area contributed by atoms with E-state index in [-0.39, 0.29) is 12.5 Å². The molecule has 0 saturated carbocycles. The maximum Gasteiger partial charge on any atom is 0.305 e. The lowest BCUT2D eigenvalue weighted by Crippen LogP contribution is -2.19. The molecule has 1 heterocycles. The van der Waals surface area contributed by atoms with E-state index in [9.17, 15) is 4.79 Å². The van der Waals surface area contributed by atoms with Crippen molar-refractivity contribution in [3.8, 4) is 11.5 Å². The highest BCUT2D eigenvalue weighted by atomic mass is 16.5. The van der Waals surface area contributed by atoms with Crippen molar-refractivity contribution in [3.63, 3.8) is 0 Å². The van der Waals surface area contributed by atoms with Crippen molar-refractivity contribution in [2.75, 3.05) is 20.3 Å². The van der Waals surface area contributed by atoms with Crippen LogP contribution in [-0.4, -0.2) is 31.3 Å². The Hall–Kier alpha value is -1.75. The fourth-order valence-corrected chi connectivity index (χ4v) is 1.96. The van der Waals surface area contributed by atoms with E-state index in [0.717, 1.165) is 17.7 Å². The topological polar surface area (TPSA) is 67.8 Å². The number of carboxylic acid groups (broad SMARTS) is 1. The maximum absolute atomic E-state index is 10.8. The molecule has 5 nitrogen and oxygen atoms in total. The molecule has 0 saturated heterocycles. The van der Waals surface area contributed by atoms with Gasteiger partial charge in [-0.15, -0.1) is 0 Å². The Morgan fingerprint density at radius 3 is 2.78 bits per heavy atom. The summed E-state index contributed by atoms with van der Waals surface area (Å²) in [5, 5.41) is 11.9. The summed E-state index contributed by atoms with van der Waals surface area (Å²) in [6.45, 7) is 1.27. The van der Waals surface area contributed by atoms with Crippen LogP contribution in [0.2, 0.25) is 0 Å². The van der Waals surface area contributed by atoms with Gasteiger partial charge in [-0.1, -0.05) is 6.07 Å². The van der Waals surface area contributed by atoms with Crippen LogP contribution in [0.25, 0.3) is 0 Å². The quantitative estimate of drug-likeness (QED) is 0.850. The van der Waals surface area contributed by atoms with Gasteiger partial charge in [0.2, 0.25) is 0 Å². The van der Waals surface area contributed by atoms with E-state index in [0.29, 0.717) is 19.0 Å². The predicted octanol–water partition coefficient (Wildman–Crippen LogP) is 1.58. The standard InChI is InChI=1S/C13H17NO4/c1-14-10(8-13(15)16)9-3-4-11-12(7-9)18-6-2-5-17-11/h3-4,7,10,14H,2,5-6,8H2,1H3,(H,15,16). The van der Waals surface area contributed by atoms with E-state index in [1.54, 1.807) is 7.05 Å². The van der Waals surface area contributed by atoms with Gasteiger partial charge in [0.15, 0.2) is 11.5 Å². The number of carbonyl (C=O) groups is 1. The molecule has 1 atom stereocenters. The molecule has 2 rings (SSSR count). The SMILES string of the molecule is CNC(CC(=O)O)c1ccc2c(c1)OCCCO2. The largest absolute Gasteiger partial charge is 0.490 e. The molecule has 1 unspecified atom stereocenters. The molecule has 1 aliphatic rings. The van der Waals surface area contributed by atoms with Gasteiger partial charge in [-0.25, -0.2) is 0 Å². The number of nitrogens with one attached hydrogen (secondary N) is 1. The van der Waals surface area contributed by atoms with Crippen molar-refractivity contribution in [1.82, 2.24) is 5.32 Å². The molecule has 0 amide bonds. The first kappa shape index (κ1) is 12.7. The van der Waals surface area contributed by atoms with E-state index in [1.807, 2.05) is 18.2 Å². The molecule has 98 valence electrons. The molecule has 5 heteroatoms. The summed E-state index contributed by atoms with van der Waals surface area (Å²) in [5.74, 6) is 0.582. The third kappa shape index (κ3) is 2.92. The van der Waals surface area contributed by atoms with E-state index >= 15 is 0 Å². The van der Waals surface area contributed by atoms with Gasteiger partial charge in [-0.05, 0) is 24.7 Å². The Morgan fingerprint density at radius 2 is 2.11 bits per heavy atom. The van der Waals surface area contributed by atoms with Crippen LogP contribution in [0.3, 0.4) is 0 Å². The number of benzene rings is 1. The lowest BCUT2D eigenvalue weighted by molar-refractivity contribution is -0.137. The zero-order valence-corrected chi connectivity index (χ0v) is 10.3. The van der Waals surface area contributed by atoms with Crippen molar-refractivity contribution in [1.29, 1.82) is 0 Å². The molecule has 0 radical (unpaired) electrons. The van der Waals surface area contributed by atoms with Crippen LogP contribution in [0.15, 0.2) is 18.2 Å². The summed E-state index contributed by atoms with van der Waals surface area (Å²) in [4.78, 5) is 10.8. The minimum Gasteiger partial charge on any atom is -0.490 e. The average molecular weight is 251 g/mol. The third-order valence-electron chi connectivity index (χ3n) is 2.90. The smallest absolute Gasteiger partial charge is 0.305 e. The number of carboxylic acids is 1. The van der Waals surface area contributed by atoms with Crippen molar-refractivity contribution in [3.05, 3.63) is 23.8 Å². The second-order valence-corrected chi connectivity index (χ2v) is 4.20. The molecule has 0 spiro atoms. The molecule has 1 aliphatic heterocycles. The lowest BCUT2D eigenvalue weighted by atomic mass is 10.0. The van der Waals surface area contributed by atoms with Gasteiger partial charge in [0.1, 0.15) is 0 Å². The Bertz CT molecular complexity index is 433. The summed E-state index contributed by atoms with van der Waals surface area (Å²) in [5.41, 5.74) is 0.893. The predicted molar refractivity (Wildman–Crippen MR) is 66.1 cm³/mol. The highest BCUT2D eigenvalue weighted by Crippen LogP contribution is 2.32. The van der Waals surface area contributed by atoms with Crippen LogP contribution in [-0.2, 0) is 4.79 Å². The van der Waals surface area contributed by atoms with Crippen LogP contribution in [0, 0.1) is 0 Å². The van der Waals surface area contributed by atoms with Crippen LogP contribution >= 0.6 is 0 Å². The molecule has 18 heavy (non-hydrogen) atoms. The van der Waals surface area contributed by atoms with Gasteiger partial charge in [-0.2, -0.15) is 0 Å². The second-order valence-electron chi connectivity index (χ2n) is 4.20. The van der Waals surface area contributed by atoms with E-state index in [2.05, 4.69) is 5.32 Å². The summed E-state index contributed by atoms with van der Waals surface area (Å²) >= 11 is 0. The second kappa shape index (κ2) is 5.73. The summed E-state index contributed by atoms with van der Waals surface area (Å²) in [7, 11) is 1.75. The van der Waals surface area contributed by atoms with Crippen molar-refractivity contribution < 1.29 is 19.4 Å². The van der Waals surface area contributed by atoms with Crippen LogP contribution in [0.1, 0.15) is 24.4 Å². The zero-order valence-electron chi connectivity index (χ0n) is 10.3. The number of aliphatic carboxylic acids is 1. The minimum absolute atomic E-state index is 0.0378. The van der Waals surface area contributed by atoms with E-state index in [4.69, 9.17) is 14.6 Å². The molecular formula is C13H17NO4.